The monoisotopic (exact) mass is 277 g/mol. The molecule has 1 unspecified atom stereocenters. The van der Waals surface area contributed by atoms with Crippen molar-refractivity contribution in [3.8, 4) is 0 Å². The molecule has 0 amide bonds. The summed E-state index contributed by atoms with van der Waals surface area (Å²) in [7, 11) is 0. The Kier molecular flexibility index (Phi) is 5.30. The van der Waals surface area contributed by atoms with E-state index >= 15 is 0 Å². The maximum atomic E-state index is 5.50. The second-order valence-electron chi connectivity index (χ2n) is 4.57. The normalized spacial score (nSPS) is 18.7. The van der Waals surface area contributed by atoms with Crippen LogP contribution < -0.4 is 10.7 Å². The maximum absolute atomic E-state index is 5.50. The lowest BCUT2D eigenvalue weighted by Crippen LogP contribution is -2.37. The third-order valence-corrected chi connectivity index (χ3v) is 3.31. The first-order chi connectivity index (χ1) is 9.25. The number of rotatable bonds is 4. The Bertz CT molecular complexity index is 456. The van der Waals surface area contributed by atoms with E-state index in [1.807, 2.05) is 18.2 Å². The van der Waals surface area contributed by atoms with Gasteiger partial charge in [0.25, 0.3) is 0 Å². The van der Waals surface area contributed by atoms with Crippen LogP contribution in [0.2, 0.25) is 0 Å². The predicted molar refractivity (Wildman–Crippen MR) is 81.5 cm³/mol. The van der Waals surface area contributed by atoms with Crippen LogP contribution in [0, 0.1) is 6.92 Å². The van der Waals surface area contributed by atoms with E-state index in [1.165, 1.54) is 5.56 Å². The van der Waals surface area contributed by atoms with Crippen LogP contribution >= 0.6 is 12.2 Å². The summed E-state index contributed by atoms with van der Waals surface area (Å²) in [4.78, 5) is 0. The van der Waals surface area contributed by atoms with Gasteiger partial charge in [0.2, 0.25) is 0 Å². The fraction of sp³-hybridized carbons (Fsp3) is 0.429. The van der Waals surface area contributed by atoms with E-state index in [2.05, 4.69) is 28.8 Å². The lowest BCUT2D eigenvalue weighted by Gasteiger charge is -2.11. The van der Waals surface area contributed by atoms with Crippen LogP contribution in [0.3, 0.4) is 0 Å². The quantitative estimate of drug-likeness (QED) is 0.502. The van der Waals surface area contributed by atoms with E-state index < -0.39 is 0 Å². The zero-order valence-electron chi connectivity index (χ0n) is 11.1. The van der Waals surface area contributed by atoms with Gasteiger partial charge in [0.1, 0.15) is 0 Å². The zero-order chi connectivity index (χ0) is 13.5. The van der Waals surface area contributed by atoms with Crippen LogP contribution in [0.25, 0.3) is 0 Å². The van der Waals surface area contributed by atoms with Crippen molar-refractivity contribution < 1.29 is 4.74 Å². The molecular weight excluding hydrogens is 258 g/mol. The molecule has 1 aromatic rings. The second kappa shape index (κ2) is 7.21. The third-order valence-electron chi connectivity index (χ3n) is 3.07. The molecule has 0 aromatic heterocycles. The highest BCUT2D eigenvalue weighted by Gasteiger charge is 2.14. The number of nitrogens with zero attached hydrogens (tertiary/aromatic N) is 1. The van der Waals surface area contributed by atoms with Gasteiger partial charge in [-0.15, -0.1) is 0 Å². The number of benzene rings is 1. The van der Waals surface area contributed by atoms with Crippen molar-refractivity contribution in [2.24, 2.45) is 5.10 Å². The summed E-state index contributed by atoms with van der Waals surface area (Å²) >= 11 is 5.15. The van der Waals surface area contributed by atoms with Crippen molar-refractivity contribution >= 4 is 23.5 Å². The van der Waals surface area contributed by atoms with Crippen LogP contribution in [-0.4, -0.2) is 30.6 Å². The molecule has 0 saturated carbocycles. The highest BCUT2D eigenvalue weighted by Crippen LogP contribution is 2.10. The van der Waals surface area contributed by atoms with Gasteiger partial charge in [-0.25, -0.2) is 0 Å². The van der Waals surface area contributed by atoms with Crippen LogP contribution in [0.4, 0.5) is 0 Å². The topological polar surface area (TPSA) is 45.7 Å². The number of hydrogen-bond acceptors (Lipinski definition) is 3. The van der Waals surface area contributed by atoms with Gasteiger partial charge in [-0.2, -0.15) is 5.10 Å². The smallest absolute Gasteiger partial charge is 0.187 e. The molecule has 2 N–H and O–H groups in total. The lowest BCUT2D eigenvalue weighted by molar-refractivity contribution is 0.114. The van der Waals surface area contributed by atoms with Crippen molar-refractivity contribution in [3.05, 3.63) is 35.4 Å². The standard InChI is InChI=1S/C14H19N3OS/c1-11-5-2-3-6-12(11)9-16-17-14(19)15-10-13-7-4-8-18-13/h2-3,5-6,9,13H,4,7-8,10H2,1H3,(H2,15,17,19). The summed E-state index contributed by atoms with van der Waals surface area (Å²) in [6.07, 6.45) is 4.29. The molecule has 5 heteroatoms. The van der Waals surface area contributed by atoms with Gasteiger partial charge in [0.15, 0.2) is 5.11 Å². The van der Waals surface area contributed by atoms with Crippen molar-refractivity contribution in [2.45, 2.75) is 25.9 Å². The lowest BCUT2D eigenvalue weighted by atomic mass is 10.1. The van der Waals surface area contributed by atoms with Crippen LogP contribution in [0.1, 0.15) is 24.0 Å². The van der Waals surface area contributed by atoms with E-state index in [0.29, 0.717) is 5.11 Å². The van der Waals surface area contributed by atoms with Crippen molar-refractivity contribution in [1.29, 1.82) is 0 Å². The number of hydrogen-bond donors (Lipinski definition) is 2. The Morgan fingerprint density at radius 3 is 3.11 bits per heavy atom. The minimum absolute atomic E-state index is 0.278. The Balaban J connectivity index is 1.72. The van der Waals surface area contributed by atoms with Crippen molar-refractivity contribution in [3.63, 3.8) is 0 Å². The molecule has 2 rings (SSSR count). The largest absolute Gasteiger partial charge is 0.376 e. The Labute approximate surface area is 119 Å². The summed E-state index contributed by atoms with van der Waals surface area (Å²) in [5, 5.41) is 7.76. The van der Waals surface area contributed by atoms with Crippen LogP contribution in [0.5, 0.6) is 0 Å². The maximum Gasteiger partial charge on any atom is 0.187 e. The molecule has 1 heterocycles. The molecular formula is C14H19N3OS. The minimum Gasteiger partial charge on any atom is -0.376 e. The first-order valence-electron chi connectivity index (χ1n) is 6.50. The van der Waals surface area contributed by atoms with Gasteiger partial charge in [0.05, 0.1) is 12.3 Å². The highest BCUT2D eigenvalue weighted by molar-refractivity contribution is 7.80. The van der Waals surface area contributed by atoms with Crippen molar-refractivity contribution in [2.75, 3.05) is 13.2 Å². The first-order valence-corrected chi connectivity index (χ1v) is 6.90. The number of thiocarbonyl (C=S) groups is 1. The molecule has 4 nitrogen and oxygen atoms in total. The van der Waals surface area contributed by atoms with E-state index in [0.717, 1.165) is 31.6 Å². The predicted octanol–water partition coefficient (Wildman–Crippen LogP) is 1.97. The van der Waals surface area contributed by atoms with E-state index in [1.54, 1.807) is 6.21 Å². The summed E-state index contributed by atoms with van der Waals surface area (Å²) in [5.41, 5.74) is 5.08. The molecule has 0 aliphatic carbocycles. The first kappa shape index (κ1) is 14.0. The molecule has 0 spiro atoms. The Morgan fingerprint density at radius 2 is 2.37 bits per heavy atom. The van der Waals surface area contributed by atoms with Gasteiger partial charge < -0.3 is 10.1 Å². The second-order valence-corrected chi connectivity index (χ2v) is 4.98. The molecule has 1 saturated heterocycles. The summed E-state index contributed by atoms with van der Waals surface area (Å²) < 4.78 is 5.50. The molecule has 1 atom stereocenters. The Morgan fingerprint density at radius 1 is 1.53 bits per heavy atom. The minimum atomic E-state index is 0.278. The summed E-state index contributed by atoms with van der Waals surface area (Å²) in [6, 6.07) is 8.06. The molecule has 1 aliphatic rings. The third kappa shape index (κ3) is 4.61. The fourth-order valence-corrected chi connectivity index (χ4v) is 2.08. The van der Waals surface area contributed by atoms with Gasteiger partial charge in [-0.3, -0.25) is 5.43 Å². The summed E-state index contributed by atoms with van der Waals surface area (Å²) in [5.74, 6) is 0. The molecule has 1 aromatic carbocycles. The molecule has 1 fully saturated rings. The number of ether oxygens (including phenoxy) is 1. The van der Waals surface area contributed by atoms with Crippen LogP contribution in [-0.2, 0) is 4.74 Å². The van der Waals surface area contributed by atoms with Gasteiger partial charge in [0, 0.05) is 13.2 Å². The average Bonchev–Trinajstić information content (AvgIpc) is 2.92. The van der Waals surface area contributed by atoms with Crippen LogP contribution in [0.15, 0.2) is 29.4 Å². The number of hydrazone groups is 1. The molecule has 1 aliphatic heterocycles. The van der Waals surface area contributed by atoms with E-state index in [9.17, 15) is 0 Å². The van der Waals surface area contributed by atoms with Gasteiger partial charge in [-0.1, -0.05) is 24.3 Å². The molecule has 0 radical (unpaired) electrons. The van der Waals surface area contributed by atoms with Gasteiger partial charge in [-0.05, 0) is 43.1 Å². The van der Waals surface area contributed by atoms with E-state index in [-0.39, 0.29) is 6.10 Å². The van der Waals surface area contributed by atoms with E-state index in [4.69, 9.17) is 17.0 Å². The Hall–Kier alpha value is -1.46. The number of nitrogens with one attached hydrogen (secondary N) is 2. The van der Waals surface area contributed by atoms with Gasteiger partial charge >= 0.3 is 0 Å². The summed E-state index contributed by atoms with van der Waals surface area (Å²) in [6.45, 7) is 3.65. The SMILES string of the molecule is Cc1ccccc1C=NNC(=S)NCC1CCCO1. The highest BCUT2D eigenvalue weighted by atomic mass is 32.1. The molecule has 19 heavy (non-hydrogen) atoms. The molecule has 102 valence electrons. The van der Waals surface area contributed by atoms with Crippen molar-refractivity contribution in [1.82, 2.24) is 10.7 Å². The fourth-order valence-electron chi connectivity index (χ4n) is 1.94. The molecule has 0 bridgehead atoms. The average molecular weight is 277 g/mol. The number of aryl methyl sites for hydroxylation is 1. The zero-order valence-corrected chi connectivity index (χ0v) is 11.9.